The molecule has 0 bridgehead atoms. The number of benzene rings is 1. The third-order valence-corrected chi connectivity index (χ3v) is 5.62. The van der Waals surface area contributed by atoms with Crippen molar-refractivity contribution >= 4 is 21.8 Å². The van der Waals surface area contributed by atoms with Crippen LogP contribution in [0.3, 0.4) is 0 Å². The number of halogens is 1. The zero-order chi connectivity index (χ0) is 17.9. The first-order chi connectivity index (χ1) is 11.2. The van der Waals surface area contributed by atoms with Crippen LogP contribution in [0.5, 0.6) is 0 Å². The third kappa shape index (κ3) is 4.50. The Balaban J connectivity index is 1.97. The van der Waals surface area contributed by atoms with E-state index in [2.05, 4.69) is 10.0 Å². The molecule has 1 saturated heterocycles. The molecule has 134 valence electrons. The van der Waals surface area contributed by atoms with Crippen LogP contribution in [0.2, 0.25) is 0 Å². The first kappa shape index (κ1) is 18.8. The summed E-state index contributed by atoms with van der Waals surface area (Å²) >= 11 is 0. The number of hydrogen-bond acceptors (Lipinski definition) is 4. The van der Waals surface area contributed by atoms with Crippen LogP contribution < -0.4 is 10.0 Å². The van der Waals surface area contributed by atoms with Gasteiger partial charge in [-0.3, -0.25) is 4.79 Å². The Hall–Kier alpha value is -1.55. The summed E-state index contributed by atoms with van der Waals surface area (Å²) in [5, 5.41) is 11.6. The van der Waals surface area contributed by atoms with Gasteiger partial charge in [-0.25, -0.2) is 4.39 Å². The molecule has 3 N–H and O–H groups in total. The van der Waals surface area contributed by atoms with E-state index in [9.17, 15) is 17.6 Å². The maximum atomic E-state index is 13.2. The number of nitrogens with one attached hydrogen (secondary N) is 2. The lowest BCUT2D eigenvalue weighted by molar-refractivity contribution is -0.119. The summed E-state index contributed by atoms with van der Waals surface area (Å²) < 4.78 is 41.1. The fourth-order valence-corrected chi connectivity index (χ4v) is 3.95. The van der Waals surface area contributed by atoms with E-state index in [4.69, 9.17) is 5.11 Å². The fraction of sp³-hybridized carbons (Fsp3) is 0.533. The van der Waals surface area contributed by atoms with E-state index in [1.54, 1.807) is 13.8 Å². The summed E-state index contributed by atoms with van der Waals surface area (Å²) in [5.74, 6) is -1.12. The van der Waals surface area contributed by atoms with Crippen molar-refractivity contribution in [2.75, 3.05) is 25.0 Å². The number of nitrogens with zero attached hydrogens (tertiary/aromatic N) is 1. The lowest BCUT2D eigenvalue weighted by atomic mass is 10.1. The molecule has 1 aromatic carbocycles. The maximum Gasteiger partial charge on any atom is 0.279 e. The van der Waals surface area contributed by atoms with Crippen molar-refractivity contribution < 1.29 is 22.7 Å². The van der Waals surface area contributed by atoms with E-state index in [1.807, 2.05) is 0 Å². The standard InChI is InChI=1S/C15H22FN3O4S/c1-10-7-13(3-4-14(10)16)17-15(21)12-5-6-19(8-12)24(22,23)18-11(2)9-20/h3-4,7,11-12,18,20H,5-6,8-9H2,1-2H3,(H,17,21). The van der Waals surface area contributed by atoms with E-state index in [0.717, 1.165) is 0 Å². The van der Waals surface area contributed by atoms with Crippen molar-refractivity contribution in [1.29, 1.82) is 0 Å². The van der Waals surface area contributed by atoms with Gasteiger partial charge in [0, 0.05) is 24.8 Å². The molecule has 1 aromatic rings. The number of rotatable bonds is 6. The molecule has 0 radical (unpaired) electrons. The smallest absolute Gasteiger partial charge is 0.279 e. The molecular weight excluding hydrogens is 337 g/mol. The van der Waals surface area contributed by atoms with Gasteiger partial charge < -0.3 is 10.4 Å². The maximum absolute atomic E-state index is 13.2. The molecule has 24 heavy (non-hydrogen) atoms. The number of hydrogen-bond donors (Lipinski definition) is 3. The van der Waals surface area contributed by atoms with Crippen LogP contribution in [-0.2, 0) is 15.0 Å². The minimum atomic E-state index is -3.73. The van der Waals surface area contributed by atoms with Gasteiger partial charge in [0.2, 0.25) is 5.91 Å². The van der Waals surface area contributed by atoms with E-state index in [-0.39, 0.29) is 31.4 Å². The Morgan fingerprint density at radius 3 is 2.83 bits per heavy atom. The highest BCUT2D eigenvalue weighted by Gasteiger charge is 2.35. The molecule has 1 aliphatic heterocycles. The number of carbonyl (C=O) groups excluding carboxylic acids is 1. The Labute approximate surface area is 141 Å². The summed E-state index contributed by atoms with van der Waals surface area (Å²) in [7, 11) is -3.73. The van der Waals surface area contributed by atoms with Crippen molar-refractivity contribution in [3.05, 3.63) is 29.6 Å². The molecule has 2 rings (SSSR count). The first-order valence-electron chi connectivity index (χ1n) is 7.68. The first-order valence-corrected chi connectivity index (χ1v) is 9.12. The van der Waals surface area contributed by atoms with Crippen molar-refractivity contribution in [2.24, 2.45) is 5.92 Å². The summed E-state index contributed by atoms with van der Waals surface area (Å²) in [6, 6.07) is 3.68. The summed E-state index contributed by atoms with van der Waals surface area (Å²) in [5.41, 5.74) is 0.901. The largest absolute Gasteiger partial charge is 0.395 e. The van der Waals surface area contributed by atoms with Gasteiger partial charge in [-0.2, -0.15) is 17.4 Å². The molecule has 1 amide bonds. The number of aliphatic hydroxyl groups excluding tert-OH is 1. The molecule has 2 atom stereocenters. The van der Waals surface area contributed by atoms with Crippen molar-refractivity contribution in [1.82, 2.24) is 9.03 Å². The summed E-state index contributed by atoms with van der Waals surface area (Å²) in [6.07, 6.45) is 0.403. The predicted molar refractivity (Wildman–Crippen MR) is 88.1 cm³/mol. The lowest BCUT2D eigenvalue weighted by Gasteiger charge is -2.19. The molecule has 2 unspecified atom stereocenters. The van der Waals surface area contributed by atoms with Crippen LogP contribution in [0.15, 0.2) is 18.2 Å². The monoisotopic (exact) mass is 359 g/mol. The van der Waals surface area contributed by atoms with Crippen LogP contribution >= 0.6 is 0 Å². The van der Waals surface area contributed by atoms with Crippen LogP contribution in [-0.4, -0.2) is 49.5 Å². The average molecular weight is 359 g/mol. The Morgan fingerprint density at radius 1 is 1.50 bits per heavy atom. The zero-order valence-corrected chi connectivity index (χ0v) is 14.4. The quantitative estimate of drug-likeness (QED) is 0.693. The normalized spacial score (nSPS) is 20.1. The third-order valence-electron chi connectivity index (χ3n) is 3.91. The molecule has 1 fully saturated rings. The number of carbonyl (C=O) groups is 1. The summed E-state index contributed by atoms with van der Waals surface area (Å²) in [4.78, 5) is 12.3. The van der Waals surface area contributed by atoms with Crippen molar-refractivity contribution in [3.63, 3.8) is 0 Å². The molecule has 0 aliphatic carbocycles. The van der Waals surface area contributed by atoms with Gasteiger partial charge in [0.25, 0.3) is 10.2 Å². The highest BCUT2D eigenvalue weighted by molar-refractivity contribution is 7.87. The predicted octanol–water partition coefficient (Wildman–Crippen LogP) is 0.610. The van der Waals surface area contributed by atoms with Crippen molar-refractivity contribution in [3.8, 4) is 0 Å². The molecule has 1 aliphatic rings. The van der Waals surface area contributed by atoms with Crippen LogP contribution in [0, 0.1) is 18.7 Å². The zero-order valence-electron chi connectivity index (χ0n) is 13.6. The van der Waals surface area contributed by atoms with E-state index >= 15 is 0 Å². The summed E-state index contributed by atoms with van der Waals surface area (Å²) in [6.45, 7) is 3.14. The highest BCUT2D eigenvalue weighted by Crippen LogP contribution is 2.21. The van der Waals surface area contributed by atoms with Gasteiger partial charge in [-0.1, -0.05) is 0 Å². The molecule has 0 spiro atoms. The van der Waals surface area contributed by atoms with Gasteiger partial charge in [0.1, 0.15) is 5.82 Å². The molecule has 9 heteroatoms. The second kappa shape index (κ2) is 7.56. The molecule has 7 nitrogen and oxygen atoms in total. The Morgan fingerprint density at radius 2 is 2.21 bits per heavy atom. The van der Waals surface area contributed by atoms with Gasteiger partial charge in [0.15, 0.2) is 0 Å². The van der Waals surface area contributed by atoms with Crippen molar-refractivity contribution in [2.45, 2.75) is 26.3 Å². The van der Waals surface area contributed by atoms with Gasteiger partial charge in [0.05, 0.1) is 12.5 Å². The lowest BCUT2D eigenvalue weighted by Crippen LogP contribution is -2.45. The minimum Gasteiger partial charge on any atom is -0.395 e. The van der Waals surface area contributed by atoms with Gasteiger partial charge in [-0.15, -0.1) is 0 Å². The average Bonchev–Trinajstić information content (AvgIpc) is 3.01. The van der Waals surface area contributed by atoms with E-state index < -0.39 is 22.2 Å². The second-order valence-corrected chi connectivity index (χ2v) is 7.71. The Kier molecular flexibility index (Phi) is 5.92. The Bertz CT molecular complexity index is 711. The number of anilines is 1. The number of aryl methyl sites for hydroxylation is 1. The van der Waals surface area contributed by atoms with Gasteiger partial charge >= 0.3 is 0 Å². The fourth-order valence-electron chi connectivity index (χ4n) is 2.49. The SMILES string of the molecule is Cc1cc(NC(=O)C2CCN(S(=O)(=O)NC(C)CO)C2)ccc1F. The van der Waals surface area contributed by atoms with Crippen LogP contribution in [0.4, 0.5) is 10.1 Å². The van der Waals surface area contributed by atoms with Crippen LogP contribution in [0.25, 0.3) is 0 Å². The minimum absolute atomic E-state index is 0.0689. The molecular formula is C15H22FN3O4S. The van der Waals surface area contributed by atoms with Gasteiger partial charge in [-0.05, 0) is 44.0 Å². The second-order valence-electron chi connectivity index (χ2n) is 6.00. The van der Waals surface area contributed by atoms with E-state index in [0.29, 0.717) is 17.7 Å². The molecule has 0 aromatic heterocycles. The van der Waals surface area contributed by atoms with E-state index in [1.165, 1.54) is 22.5 Å². The number of aliphatic hydroxyl groups is 1. The topological polar surface area (TPSA) is 98.7 Å². The van der Waals surface area contributed by atoms with Crippen LogP contribution in [0.1, 0.15) is 18.9 Å². The highest BCUT2D eigenvalue weighted by atomic mass is 32.2. The number of amides is 1. The molecule has 1 heterocycles. The molecule has 0 saturated carbocycles.